The molecule has 1 aromatic rings. The molecule has 0 spiro atoms. The highest BCUT2D eigenvalue weighted by molar-refractivity contribution is 5.12. The lowest BCUT2D eigenvalue weighted by molar-refractivity contribution is 0.129. The van der Waals surface area contributed by atoms with Crippen LogP contribution in [0.1, 0.15) is 31.2 Å². The number of hydrogen-bond donors (Lipinski definition) is 1. The van der Waals surface area contributed by atoms with E-state index in [1.54, 1.807) is 0 Å². The fourth-order valence-corrected chi connectivity index (χ4v) is 1.61. The summed E-state index contributed by atoms with van der Waals surface area (Å²) in [6.45, 7) is 4.88. The van der Waals surface area contributed by atoms with Crippen LogP contribution >= 0.6 is 0 Å². The number of hydrogen-bond acceptors (Lipinski definition) is 2. The number of nitrogens with zero attached hydrogens (tertiary/aromatic N) is 2. The average molecular weight is 180 g/mol. The van der Waals surface area contributed by atoms with E-state index in [0.717, 1.165) is 25.0 Å². The monoisotopic (exact) mass is 180 g/mol. The maximum absolute atomic E-state index is 9.74. The molecule has 1 aromatic heterocycles. The van der Waals surface area contributed by atoms with Crippen LogP contribution in [0.25, 0.3) is 0 Å². The predicted molar refractivity (Wildman–Crippen MR) is 50.5 cm³/mol. The Kier molecular flexibility index (Phi) is 1.91. The van der Waals surface area contributed by atoms with Crippen molar-refractivity contribution >= 4 is 0 Å². The summed E-state index contributed by atoms with van der Waals surface area (Å²) in [5, 5.41) is 9.74. The molecular weight excluding hydrogens is 164 g/mol. The first-order valence-corrected chi connectivity index (χ1v) is 4.87. The zero-order chi connectivity index (χ0) is 9.47. The lowest BCUT2D eigenvalue weighted by atomic mass is 10.2. The first-order valence-electron chi connectivity index (χ1n) is 4.87. The van der Waals surface area contributed by atoms with E-state index in [0.29, 0.717) is 6.54 Å². The molecule has 0 amide bonds. The standard InChI is InChI=1S/C10H16N2O/c1-3-9-8(2)12(7-11-9)6-10(13)4-5-10/h7,13H,3-6H2,1-2H3. The Bertz CT molecular complexity index is 313. The fraction of sp³-hybridized carbons (Fsp3) is 0.700. The second kappa shape index (κ2) is 2.84. The summed E-state index contributed by atoms with van der Waals surface area (Å²) in [5.41, 5.74) is 1.92. The molecule has 3 nitrogen and oxygen atoms in total. The van der Waals surface area contributed by atoms with Crippen molar-refractivity contribution in [3.8, 4) is 0 Å². The molecule has 1 heterocycles. The number of rotatable bonds is 3. The number of aliphatic hydroxyl groups is 1. The molecule has 0 saturated heterocycles. The highest BCUT2D eigenvalue weighted by Crippen LogP contribution is 2.36. The maximum Gasteiger partial charge on any atom is 0.0952 e. The normalized spacial score (nSPS) is 19.0. The molecule has 1 N–H and O–H groups in total. The topological polar surface area (TPSA) is 38.0 Å². The van der Waals surface area contributed by atoms with E-state index in [2.05, 4.69) is 23.4 Å². The van der Waals surface area contributed by atoms with Crippen molar-refractivity contribution in [3.05, 3.63) is 17.7 Å². The summed E-state index contributed by atoms with van der Waals surface area (Å²) < 4.78 is 2.06. The van der Waals surface area contributed by atoms with Gasteiger partial charge in [-0.3, -0.25) is 0 Å². The van der Waals surface area contributed by atoms with Crippen LogP contribution in [0.4, 0.5) is 0 Å². The van der Waals surface area contributed by atoms with Gasteiger partial charge in [-0.05, 0) is 26.2 Å². The van der Waals surface area contributed by atoms with Crippen molar-refractivity contribution < 1.29 is 5.11 Å². The van der Waals surface area contributed by atoms with E-state index in [1.165, 1.54) is 5.69 Å². The van der Waals surface area contributed by atoms with Gasteiger partial charge < -0.3 is 9.67 Å². The molecule has 0 radical (unpaired) electrons. The molecule has 1 saturated carbocycles. The van der Waals surface area contributed by atoms with Crippen molar-refractivity contribution in [1.82, 2.24) is 9.55 Å². The smallest absolute Gasteiger partial charge is 0.0952 e. The number of imidazole rings is 1. The SMILES string of the molecule is CCc1ncn(CC2(O)CC2)c1C. The maximum atomic E-state index is 9.74. The third-order valence-electron chi connectivity index (χ3n) is 2.83. The Balaban J connectivity index is 2.16. The Labute approximate surface area is 78.4 Å². The Hall–Kier alpha value is -0.830. The van der Waals surface area contributed by atoms with Gasteiger partial charge in [0.2, 0.25) is 0 Å². The molecule has 0 unspecified atom stereocenters. The van der Waals surface area contributed by atoms with Gasteiger partial charge in [0, 0.05) is 5.69 Å². The minimum atomic E-state index is -0.420. The number of aromatic nitrogens is 2. The van der Waals surface area contributed by atoms with Crippen molar-refractivity contribution in [3.63, 3.8) is 0 Å². The molecule has 2 rings (SSSR count). The largest absolute Gasteiger partial charge is 0.388 e. The van der Waals surface area contributed by atoms with E-state index < -0.39 is 5.60 Å². The average Bonchev–Trinajstić information content (AvgIpc) is 2.72. The van der Waals surface area contributed by atoms with Crippen LogP contribution < -0.4 is 0 Å². The first-order chi connectivity index (χ1) is 6.14. The molecule has 0 atom stereocenters. The van der Waals surface area contributed by atoms with Crippen LogP contribution in [-0.4, -0.2) is 20.3 Å². The zero-order valence-electron chi connectivity index (χ0n) is 8.25. The molecule has 0 bridgehead atoms. The summed E-state index contributed by atoms with van der Waals surface area (Å²) in [5.74, 6) is 0. The molecular formula is C10H16N2O. The van der Waals surface area contributed by atoms with Crippen LogP contribution in [0, 0.1) is 6.92 Å². The van der Waals surface area contributed by atoms with Gasteiger partial charge in [0.15, 0.2) is 0 Å². The quantitative estimate of drug-likeness (QED) is 0.761. The van der Waals surface area contributed by atoms with Gasteiger partial charge in [-0.15, -0.1) is 0 Å². The second-order valence-corrected chi connectivity index (χ2v) is 3.98. The van der Waals surface area contributed by atoms with Gasteiger partial charge >= 0.3 is 0 Å². The third-order valence-corrected chi connectivity index (χ3v) is 2.83. The van der Waals surface area contributed by atoms with Gasteiger partial charge in [0.1, 0.15) is 0 Å². The van der Waals surface area contributed by atoms with E-state index in [9.17, 15) is 5.11 Å². The van der Waals surface area contributed by atoms with E-state index in [1.807, 2.05) is 6.33 Å². The second-order valence-electron chi connectivity index (χ2n) is 3.98. The van der Waals surface area contributed by atoms with Gasteiger partial charge in [-0.25, -0.2) is 4.98 Å². The predicted octanol–water partition coefficient (Wildman–Crippen LogP) is 1.28. The minimum Gasteiger partial charge on any atom is -0.388 e. The molecule has 0 aliphatic heterocycles. The van der Waals surface area contributed by atoms with Crippen LogP contribution in [-0.2, 0) is 13.0 Å². The Morgan fingerprint density at radius 2 is 2.31 bits per heavy atom. The minimum absolute atomic E-state index is 0.420. The van der Waals surface area contributed by atoms with Crippen LogP contribution in [0.2, 0.25) is 0 Å². The van der Waals surface area contributed by atoms with Crippen LogP contribution in [0.5, 0.6) is 0 Å². The molecule has 1 aliphatic carbocycles. The highest BCUT2D eigenvalue weighted by atomic mass is 16.3. The fourth-order valence-electron chi connectivity index (χ4n) is 1.61. The van der Waals surface area contributed by atoms with E-state index in [4.69, 9.17) is 0 Å². The first kappa shape index (κ1) is 8.75. The van der Waals surface area contributed by atoms with Gasteiger partial charge in [-0.2, -0.15) is 0 Å². The van der Waals surface area contributed by atoms with Gasteiger partial charge in [0.25, 0.3) is 0 Å². The summed E-state index contributed by atoms with van der Waals surface area (Å²) in [6, 6.07) is 0. The number of aryl methyl sites for hydroxylation is 1. The van der Waals surface area contributed by atoms with Crippen molar-refractivity contribution in [2.45, 2.75) is 45.3 Å². The molecule has 0 aromatic carbocycles. The summed E-state index contributed by atoms with van der Waals surface area (Å²) >= 11 is 0. The summed E-state index contributed by atoms with van der Waals surface area (Å²) in [6.07, 6.45) is 4.68. The molecule has 72 valence electrons. The van der Waals surface area contributed by atoms with E-state index in [-0.39, 0.29) is 0 Å². The Morgan fingerprint density at radius 3 is 2.77 bits per heavy atom. The lowest BCUT2D eigenvalue weighted by Crippen LogP contribution is -2.17. The van der Waals surface area contributed by atoms with Crippen molar-refractivity contribution in [2.24, 2.45) is 0 Å². The lowest BCUT2D eigenvalue weighted by Gasteiger charge is -2.10. The van der Waals surface area contributed by atoms with Crippen LogP contribution in [0.3, 0.4) is 0 Å². The van der Waals surface area contributed by atoms with Gasteiger partial charge in [-0.1, -0.05) is 6.92 Å². The summed E-state index contributed by atoms with van der Waals surface area (Å²) in [7, 11) is 0. The molecule has 1 aliphatic rings. The highest BCUT2D eigenvalue weighted by Gasteiger charge is 2.40. The Morgan fingerprint density at radius 1 is 1.62 bits per heavy atom. The zero-order valence-corrected chi connectivity index (χ0v) is 8.25. The molecule has 1 fully saturated rings. The van der Waals surface area contributed by atoms with Crippen molar-refractivity contribution in [1.29, 1.82) is 0 Å². The van der Waals surface area contributed by atoms with Crippen molar-refractivity contribution in [2.75, 3.05) is 0 Å². The summed E-state index contributed by atoms with van der Waals surface area (Å²) in [4.78, 5) is 4.30. The molecule has 3 heteroatoms. The molecule has 13 heavy (non-hydrogen) atoms. The van der Waals surface area contributed by atoms with E-state index >= 15 is 0 Å². The van der Waals surface area contributed by atoms with Gasteiger partial charge in [0.05, 0.1) is 24.2 Å². The van der Waals surface area contributed by atoms with Crippen LogP contribution in [0.15, 0.2) is 6.33 Å². The third kappa shape index (κ3) is 1.61.